The Labute approximate surface area is 104 Å². The molecule has 0 fully saturated rings. The van der Waals surface area contributed by atoms with Crippen LogP contribution in [0.25, 0.3) is 0 Å². The predicted octanol–water partition coefficient (Wildman–Crippen LogP) is 2.64. The van der Waals surface area contributed by atoms with E-state index < -0.39 is 11.6 Å². The van der Waals surface area contributed by atoms with Gasteiger partial charge >= 0.3 is 0 Å². The lowest BCUT2D eigenvalue weighted by Gasteiger charge is -2.09. The SMILES string of the molecule is CCC(Cl)CNC(=O)Cc1ccc(F)cc1F. The Morgan fingerprint density at radius 3 is 2.76 bits per heavy atom. The van der Waals surface area contributed by atoms with Crippen LogP contribution in [-0.4, -0.2) is 17.8 Å². The highest BCUT2D eigenvalue weighted by Crippen LogP contribution is 2.10. The Bertz CT molecular complexity index is 398. The number of carbonyl (C=O) groups is 1. The molecule has 2 nitrogen and oxygen atoms in total. The third kappa shape index (κ3) is 4.69. The van der Waals surface area contributed by atoms with Crippen molar-refractivity contribution in [1.82, 2.24) is 5.32 Å². The van der Waals surface area contributed by atoms with E-state index in [1.54, 1.807) is 0 Å². The van der Waals surface area contributed by atoms with Crippen LogP contribution >= 0.6 is 11.6 Å². The van der Waals surface area contributed by atoms with Crippen molar-refractivity contribution in [1.29, 1.82) is 0 Å². The molecule has 0 aliphatic heterocycles. The lowest BCUT2D eigenvalue weighted by atomic mass is 10.1. The zero-order valence-electron chi connectivity index (χ0n) is 9.47. The molecule has 0 radical (unpaired) electrons. The largest absolute Gasteiger partial charge is 0.354 e. The molecular weight excluding hydrogens is 248 g/mol. The van der Waals surface area contributed by atoms with Gasteiger partial charge in [0.15, 0.2) is 0 Å². The monoisotopic (exact) mass is 261 g/mol. The van der Waals surface area contributed by atoms with E-state index in [1.165, 1.54) is 6.07 Å². The van der Waals surface area contributed by atoms with Crippen molar-refractivity contribution in [3.8, 4) is 0 Å². The van der Waals surface area contributed by atoms with Crippen molar-refractivity contribution in [2.75, 3.05) is 6.54 Å². The molecule has 0 aromatic heterocycles. The predicted molar refractivity (Wildman–Crippen MR) is 63.0 cm³/mol. The van der Waals surface area contributed by atoms with E-state index in [0.717, 1.165) is 18.6 Å². The molecule has 1 aromatic rings. The number of halogens is 3. The van der Waals surface area contributed by atoms with Crippen LogP contribution in [0.1, 0.15) is 18.9 Å². The smallest absolute Gasteiger partial charge is 0.224 e. The summed E-state index contributed by atoms with van der Waals surface area (Å²) in [5.41, 5.74) is 0.173. The summed E-state index contributed by atoms with van der Waals surface area (Å²) in [6.45, 7) is 2.25. The van der Waals surface area contributed by atoms with Crippen LogP contribution in [0, 0.1) is 11.6 Å². The molecule has 0 saturated carbocycles. The summed E-state index contributed by atoms with van der Waals surface area (Å²) < 4.78 is 25.9. The molecule has 0 bridgehead atoms. The maximum Gasteiger partial charge on any atom is 0.224 e. The first-order chi connectivity index (χ1) is 8.02. The summed E-state index contributed by atoms with van der Waals surface area (Å²) in [7, 11) is 0. The third-order valence-electron chi connectivity index (χ3n) is 2.33. The van der Waals surface area contributed by atoms with Crippen LogP contribution < -0.4 is 5.32 Å². The van der Waals surface area contributed by atoms with E-state index in [9.17, 15) is 13.6 Å². The fourth-order valence-electron chi connectivity index (χ4n) is 1.27. The Balaban J connectivity index is 2.50. The van der Waals surface area contributed by atoms with E-state index in [2.05, 4.69) is 5.32 Å². The zero-order valence-corrected chi connectivity index (χ0v) is 10.2. The first-order valence-corrected chi connectivity index (χ1v) is 5.81. The molecule has 0 aliphatic carbocycles. The first-order valence-electron chi connectivity index (χ1n) is 5.37. The molecule has 0 aliphatic rings. The summed E-state index contributed by atoms with van der Waals surface area (Å²) in [5.74, 6) is -1.69. The van der Waals surface area contributed by atoms with E-state index in [-0.39, 0.29) is 23.3 Å². The van der Waals surface area contributed by atoms with Crippen LogP contribution in [0.15, 0.2) is 18.2 Å². The molecule has 0 spiro atoms. The van der Waals surface area contributed by atoms with E-state index >= 15 is 0 Å². The molecule has 1 atom stereocenters. The molecule has 0 heterocycles. The minimum atomic E-state index is -0.710. The van der Waals surface area contributed by atoms with Gasteiger partial charge in [-0.05, 0) is 18.1 Å². The van der Waals surface area contributed by atoms with Crippen molar-refractivity contribution in [3.63, 3.8) is 0 Å². The van der Waals surface area contributed by atoms with Gasteiger partial charge in [0.1, 0.15) is 11.6 Å². The summed E-state index contributed by atoms with van der Waals surface area (Å²) in [6.07, 6.45) is 0.631. The fraction of sp³-hybridized carbons (Fsp3) is 0.417. The summed E-state index contributed by atoms with van der Waals surface area (Å²) in [6, 6.07) is 3.16. The van der Waals surface area contributed by atoms with Gasteiger partial charge in [-0.3, -0.25) is 4.79 Å². The van der Waals surface area contributed by atoms with Crippen LogP contribution in [-0.2, 0) is 11.2 Å². The van der Waals surface area contributed by atoms with Crippen molar-refractivity contribution in [3.05, 3.63) is 35.4 Å². The maximum atomic E-state index is 13.2. The molecule has 1 rings (SSSR count). The number of hydrogen-bond acceptors (Lipinski definition) is 1. The van der Waals surface area contributed by atoms with Gasteiger partial charge in [-0.25, -0.2) is 8.78 Å². The van der Waals surface area contributed by atoms with E-state index in [1.807, 2.05) is 6.92 Å². The minimum Gasteiger partial charge on any atom is -0.354 e. The average molecular weight is 262 g/mol. The van der Waals surface area contributed by atoms with Crippen molar-refractivity contribution in [2.45, 2.75) is 25.1 Å². The van der Waals surface area contributed by atoms with Gasteiger partial charge in [-0.1, -0.05) is 13.0 Å². The minimum absolute atomic E-state index is 0.112. The molecule has 17 heavy (non-hydrogen) atoms. The third-order valence-corrected chi connectivity index (χ3v) is 2.79. The normalized spacial score (nSPS) is 12.2. The molecule has 1 unspecified atom stereocenters. The average Bonchev–Trinajstić information content (AvgIpc) is 2.29. The lowest BCUT2D eigenvalue weighted by molar-refractivity contribution is -0.120. The van der Waals surface area contributed by atoms with Crippen molar-refractivity contribution < 1.29 is 13.6 Å². The highest BCUT2D eigenvalue weighted by atomic mass is 35.5. The highest BCUT2D eigenvalue weighted by molar-refractivity contribution is 6.20. The second kappa shape index (κ2) is 6.55. The molecular formula is C12H14ClF2NO. The number of benzene rings is 1. The number of amides is 1. The number of hydrogen-bond donors (Lipinski definition) is 1. The summed E-state index contributed by atoms with van der Waals surface area (Å²) in [5, 5.41) is 2.46. The van der Waals surface area contributed by atoms with Gasteiger partial charge in [0, 0.05) is 12.6 Å². The summed E-state index contributed by atoms with van der Waals surface area (Å²) in [4.78, 5) is 11.4. The van der Waals surface area contributed by atoms with E-state index in [4.69, 9.17) is 11.6 Å². The maximum absolute atomic E-state index is 13.2. The topological polar surface area (TPSA) is 29.1 Å². The molecule has 5 heteroatoms. The lowest BCUT2D eigenvalue weighted by Crippen LogP contribution is -2.30. The van der Waals surface area contributed by atoms with Crippen LogP contribution in [0.2, 0.25) is 0 Å². The Morgan fingerprint density at radius 1 is 1.47 bits per heavy atom. The molecule has 1 aromatic carbocycles. The summed E-state index contributed by atoms with van der Waals surface area (Å²) >= 11 is 5.83. The standard InChI is InChI=1S/C12H14ClF2NO/c1-2-9(13)7-16-12(17)5-8-3-4-10(14)6-11(8)15/h3-4,6,9H,2,5,7H2,1H3,(H,16,17). The van der Waals surface area contributed by atoms with Gasteiger partial charge in [0.2, 0.25) is 5.91 Å². The first kappa shape index (κ1) is 13.9. The Hall–Kier alpha value is -1.16. The molecule has 1 N–H and O–H groups in total. The quantitative estimate of drug-likeness (QED) is 0.811. The Morgan fingerprint density at radius 2 is 2.18 bits per heavy atom. The zero-order chi connectivity index (χ0) is 12.8. The van der Waals surface area contributed by atoms with Crippen molar-refractivity contribution in [2.24, 2.45) is 0 Å². The second-order valence-corrected chi connectivity index (χ2v) is 4.34. The number of alkyl halides is 1. The van der Waals surface area contributed by atoms with Gasteiger partial charge < -0.3 is 5.32 Å². The van der Waals surface area contributed by atoms with E-state index in [0.29, 0.717) is 6.54 Å². The number of nitrogens with one attached hydrogen (secondary N) is 1. The van der Waals surface area contributed by atoms with Gasteiger partial charge in [-0.15, -0.1) is 11.6 Å². The Kier molecular flexibility index (Phi) is 5.35. The number of carbonyl (C=O) groups excluding carboxylic acids is 1. The molecule has 94 valence electrons. The molecule has 0 saturated heterocycles. The van der Waals surface area contributed by atoms with Crippen LogP contribution in [0.4, 0.5) is 8.78 Å². The van der Waals surface area contributed by atoms with Crippen LogP contribution in [0.5, 0.6) is 0 Å². The second-order valence-electron chi connectivity index (χ2n) is 3.72. The van der Waals surface area contributed by atoms with Gasteiger partial charge in [-0.2, -0.15) is 0 Å². The highest BCUT2D eigenvalue weighted by Gasteiger charge is 2.10. The van der Waals surface area contributed by atoms with Crippen molar-refractivity contribution >= 4 is 17.5 Å². The van der Waals surface area contributed by atoms with Gasteiger partial charge in [0.05, 0.1) is 11.8 Å². The molecule has 1 amide bonds. The fourth-order valence-corrected chi connectivity index (χ4v) is 1.35. The van der Waals surface area contributed by atoms with Gasteiger partial charge in [0.25, 0.3) is 0 Å². The van der Waals surface area contributed by atoms with Crippen LogP contribution in [0.3, 0.4) is 0 Å². The number of rotatable bonds is 5.